The smallest absolute Gasteiger partial charge is 0.409 e. The summed E-state index contributed by atoms with van der Waals surface area (Å²) in [6, 6.07) is 6.59. The second kappa shape index (κ2) is 6.09. The number of methoxy groups -OCH3 is 1. The molecule has 0 saturated heterocycles. The molecule has 0 saturated carbocycles. The van der Waals surface area contributed by atoms with Crippen molar-refractivity contribution in [3.63, 3.8) is 0 Å². The number of aryl methyl sites for hydroxylation is 1. The number of ether oxygens (including phenoxy) is 1. The SMILES string of the molecule is COC(=O)N(C)CCc1ccc(C(C)(C)C)cc1C. The second-order valence-corrected chi connectivity index (χ2v) is 6.03. The van der Waals surface area contributed by atoms with Gasteiger partial charge in [0, 0.05) is 13.6 Å². The van der Waals surface area contributed by atoms with Crippen LogP contribution in [0.15, 0.2) is 18.2 Å². The van der Waals surface area contributed by atoms with Gasteiger partial charge in [-0.1, -0.05) is 39.0 Å². The molecule has 1 aromatic rings. The Morgan fingerprint density at radius 3 is 2.42 bits per heavy atom. The van der Waals surface area contributed by atoms with Gasteiger partial charge in [0.05, 0.1) is 7.11 Å². The lowest BCUT2D eigenvalue weighted by Gasteiger charge is -2.21. The summed E-state index contributed by atoms with van der Waals surface area (Å²) in [6.45, 7) is 9.44. The van der Waals surface area contributed by atoms with Crippen molar-refractivity contribution >= 4 is 6.09 Å². The van der Waals surface area contributed by atoms with Crippen LogP contribution in [0.25, 0.3) is 0 Å². The summed E-state index contributed by atoms with van der Waals surface area (Å²) in [5.41, 5.74) is 4.08. The number of likely N-dealkylation sites (N-methyl/N-ethyl adjacent to an activating group) is 1. The number of benzene rings is 1. The first-order valence-electron chi connectivity index (χ1n) is 6.65. The van der Waals surface area contributed by atoms with E-state index in [1.54, 1.807) is 11.9 Å². The van der Waals surface area contributed by atoms with E-state index in [1.165, 1.54) is 23.8 Å². The van der Waals surface area contributed by atoms with E-state index in [1.807, 2.05) is 0 Å². The molecule has 0 heterocycles. The van der Waals surface area contributed by atoms with Crippen LogP contribution < -0.4 is 0 Å². The van der Waals surface area contributed by atoms with Gasteiger partial charge in [0.15, 0.2) is 0 Å². The second-order valence-electron chi connectivity index (χ2n) is 6.03. The zero-order chi connectivity index (χ0) is 14.6. The van der Waals surface area contributed by atoms with E-state index < -0.39 is 0 Å². The van der Waals surface area contributed by atoms with E-state index in [-0.39, 0.29) is 11.5 Å². The maximum atomic E-state index is 11.3. The number of carbonyl (C=O) groups excluding carboxylic acids is 1. The van der Waals surface area contributed by atoms with Crippen LogP contribution in [0, 0.1) is 6.92 Å². The highest BCUT2D eigenvalue weighted by Crippen LogP contribution is 2.24. The first kappa shape index (κ1) is 15.5. The van der Waals surface area contributed by atoms with Gasteiger partial charge in [-0.05, 0) is 35.4 Å². The van der Waals surface area contributed by atoms with Gasteiger partial charge in [-0.15, -0.1) is 0 Å². The lowest BCUT2D eigenvalue weighted by atomic mass is 9.85. The van der Waals surface area contributed by atoms with Crippen LogP contribution in [0.5, 0.6) is 0 Å². The minimum absolute atomic E-state index is 0.173. The Labute approximate surface area is 116 Å². The Bertz CT molecular complexity index is 447. The molecule has 0 fully saturated rings. The van der Waals surface area contributed by atoms with E-state index in [9.17, 15) is 4.79 Å². The third kappa shape index (κ3) is 4.27. The van der Waals surface area contributed by atoms with Gasteiger partial charge >= 0.3 is 6.09 Å². The molecule has 106 valence electrons. The van der Waals surface area contributed by atoms with Crippen LogP contribution in [-0.2, 0) is 16.6 Å². The largest absolute Gasteiger partial charge is 0.453 e. The summed E-state index contributed by atoms with van der Waals surface area (Å²) < 4.78 is 4.68. The molecule has 3 heteroatoms. The Balaban J connectivity index is 2.73. The highest BCUT2D eigenvalue weighted by Gasteiger charge is 2.15. The van der Waals surface area contributed by atoms with E-state index >= 15 is 0 Å². The van der Waals surface area contributed by atoms with Crippen molar-refractivity contribution in [3.05, 3.63) is 34.9 Å². The number of carbonyl (C=O) groups is 1. The highest BCUT2D eigenvalue weighted by molar-refractivity contribution is 5.66. The van der Waals surface area contributed by atoms with Gasteiger partial charge in [-0.25, -0.2) is 4.79 Å². The predicted octanol–water partition coefficient (Wildman–Crippen LogP) is 3.53. The minimum atomic E-state index is -0.288. The third-order valence-electron chi connectivity index (χ3n) is 3.41. The van der Waals surface area contributed by atoms with Gasteiger partial charge in [0.2, 0.25) is 0 Å². The van der Waals surface area contributed by atoms with Crippen LogP contribution in [0.1, 0.15) is 37.5 Å². The zero-order valence-electron chi connectivity index (χ0n) is 12.9. The molecule has 0 aliphatic carbocycles. The topological polar surface area (TPSA) is 29.5 Å². The fourth-order valence-electron chi connectivity index (χ4n) is 1.98. The Morgan fingerprint density at radius 1 is 1.32 bits per heavy atom. The van der Waals surface area contributed by atoms with Crippen LogP contribution in [0.4, 0.5) is 4.79 Å². The zero-order valence-corrected chi connectivity index (χ0v) is 12.9. The summed E-state index contributed by atoms with van der Waals surface area (Å²) in [4.78, 5) is 12.9. The standard InChI is InChI=1S/C16H25NO2/c1-12-11-14(16(2,3)4)8-7-13(12)9-10-17(5)15(18)19-6/h7-8,11H,9-10H2,1-6H3. The quantitative estimate of drug-likeness (QED) is 0.835. The summed E-state index contributed by atoms with van der Waals surface area (Å²) >= 11 is 0. The van der Waals surface area contributed by atoms with E-state index in [0.717, 1.165) is 6.42 Å². The predicted molar refractivity (Wildman–Crippen MR) is 78.6 cm³/mol. The molecule has 3 nitrogen and oxygen atoms in total. The first-order chi connectivity index (χ1) is 8.75. The molecule has 0 atom stereocenters. The van der Waals surface area contributed by atoms with E-state index in [2.05, 4.69) is 50.6 Å². The average Bonchev–Trinajstić information content (AvgIpc) is 2.34. The number of nitrogens with zero attached hydrogens (tertiary/aromatic N) is 1. The molecule has 0 spiro atoms. The molecule has 0 aromatic heterocycles. The fraction of sp³-hybridized carbons (Fsp3) is 0.562. The van der Waals surface area contributed by atoms with Crippen LogP contribution >= 0.6 is 0 Å². The molecule has 19 heavy (non-hydrogen) atoms. The fourth-order valence-corrected chi connectivity index (χ4v) is 1.98. The Kier molecular flexibility index (Phi) is 4.98. The van der Waals surface area contributed by atoms with Crippen LogP contribution in [0.2, 0.25) is 0 Å². The van der Waals surface area contributed by atoms with Gasteiger partial charge in [-0.2, -0.15) is 0 Å². The average molecular weight is 263 g/mol. The molecule has 1 aromatic carbocycles. The molecule has 1 rings (SSSR count). The number of hydrogen-bond acceptors (Lipinski definition) is 2. The highest BCUT2D eigenvalue weighted by atomic mass is 16.5. The minimum Gasteiger partial charge on any atom is -0.453 e. The van der Waals surface area contributed by atoms with Crippen LogP contribution in [0.3, 0.4) is 0 Å². The van der Waals surface area contributed by atoms with Crippen molar-refractivity contribution in [2.24, 2.45) is 0 Å². The molecular weight excluding hydrogens is 238 g/mol. The van der Waals surface area contributed by atoms with Gasteiger partial charge in [0.1, 0.15) is 0 Å². The number of amides is 1. The molecular formula is C16H25NO2. The van der Waals surface area contributed by atoms with Gasteiger partial charge in [0.25, 0.3) is 0 Å². The van der Waals surface area contributed by atoms with Crippen molar-refractivity contribution in [2.45, 2.75) is 39.5 Å². The summed E-state index contributed by atoms with van der Waals surface area (Å²) in [5, 5.41) is 0. The Hall–Kier alpha value is -1.51. The molecule has 0 aliphatic heterocycles. The lowest BCUT2D eigenvalue weighted by Crippen LogP contribution is -2.28. The van der Waals surface area contributed by atoms with Crippen LogP contribution in [-0.4, -0.2) is 31.7 Å². The molecule has 0 radical (unpaired) electrons. The molecule has 0 N–H and O–H groups in total. The first-order valence-corrected chi connectivity index (χ1v) is 6.65. The molecule has 0 aliphatic rings. The molecule has 0 bridgehead atoms. The van der Waals surface area contributed by atoms with Crippen molar-refractivity contribution in [1.29, 1.82) is 0 Å². The summed E-state index contributed by atoms with van der Waals surface area (Å²) in [5.74, 6) is 0. The third-order valence-corrected chi connectivity index (χ3v) is 3.41. The van der Waals surface area contributed by atoms with E-state index in [4.69, 9.17) is 0 Å². The lowest BCUT2D eigenvalue weighted by molar-refractivity contribution is 0.134. The maximum absolute atomic E-state index is 11.3. The normalized spacial score (nSPS) is 11.3. The van der Waals surface area contributed by atoms with Gasteiger partial charge < -0.3 is 9.64 Å². The number of hydrogen-bond donors (Lipinski definition) is 0. The number of rotatable bonds is 3. The monoisotopic (exact) mass is 263 g/mol. The summed E-state index contributed by atoms with van der Waals surface area (Å²) in [7, 11) is 3.16. The van der Waals surface area contributed by atoms with Gasteiger partial charge in [-0.3, -0.25) is 0 Å². The molecule has 1 amide bonds. The molecule has 0 unspecified atom stereocenters. The maximum Gasteiger partial charge on any atom is 0.409 e. The summed E-state index contributed by atoms with van der Waals surface area (Å²) in [6.07, 6.45) is 0.561. The van der Waals surface area contributed by atoms with Crippen molar-refractivity contribution < 1.29 is 9.53 Å². The van der Waals surface area contributed by atoms with Crippen molar-refractivity contribution in [3.8, 4) is 0 Å². The van der Waals surface area contributed by atoms with Crippen molar-refractivity contribution in [1.82, 2.24) is 4.90 Å². The van der Waals surface area contributed by atoms with E-state index in [0.29, 0.717) is 6.54 Å². The Morgan fingerprint density at radius 2 is 1.95 bits per heavy atom. The van der Waals surface area contributed by atoms with Crippen molar-refractivity contribution in [2.75, 3.05) is 20.7 Å².